The quantitative estimate of drug-likeness (QED) is 0.796. The summed E-state index contributed by atoms with van der Waals surface area (Å²) < 4.78 is 0. The molecule has 0 spiro atoms. The fourth-order valence-electron chi connectivity index (χ4n) is 3.43. The van der Waals surface area contributed by atoms with E-state index in [9.17, 15) is 0 Å². The van der Waals surface area contributed by atoms with Crippen LogP contribution in [0.1, 0.15) is 19.2 Å². The summed E-state index contributed by atoms with van der Waals surface area (Å²) in [6.07, 6.45) is 1.84. The van der Waals surface area contributed by atoms with Gasteiger partial charge in [-0.1, -0.05) is 19.1 Å². The average Bonchev–Trinajstić information content (AvgIpc) is 2.63. The van der Waals surface area contributed by atoms with Gasteiger partial charge in [-0.15, -0.1) is 0 Å². The molecule has 25 heavy (non-hydrogen) atoms. The average molecular weight is 342 g/mol. The highest BCUT2D eigenvalue weighted by Gasteiger charge is 2.21. The van der Waals surface area contributed by atoms with Crippen LogP contribution in [0.15, 0.2) is 24.3 Å². The Morgan fingerprint density at radius 1 is 1.16 bits per heavy atom. The number of hydrogen-bond donors (Lipinski definition) is 2. The third-order valence-corrected chi connectivity index (χ3v) is 5.05. The minimum atomic E-state index is 0.528. The molecule has 136 valence electrons. The van der Waals surface area contributed by atoms with Crippen LogP contribution >= 0.6 is 0 Å². The Kier molecular flexibility index (Phi) is 6.18. The topological polar surface area (TPSA) is 70.3 Å². The summed E-state index contributed by atoms with van der Waals surface area (Å²) in [5.74, 6) is 1.75. The summed E-state index contributed by atoms with van der Waals surface area (Å²) in [6, 6.07) is 8.71. The molecular formula is C19H30N6. The van der Waals surface area contributed by atoms with Crippen molar-refractivity contribution in [2.45, 2.75) is 25.8 Å². The van der Waals surface area contributed by atoms with E-state index >= 15 is 0 Å². The van der Waals surface area contributed by atoms with Gasteiger partial charge >= 0.3 is 0 Å². The Bertz CT molecular complexity index is 681. The van der Waals surface area contributed by atoms with E-state index in [1.807, 2.05) is 18.2 Å². The Hall–Kier alpha value is -1.76. The number of hydrogen-bond acceptors (Lipinski definition) is 6. The zero-order valence-electron chi connectivity index (χ0n) is 15.4. The monoisotopic (exact) mass is 342 g/mol. The van der Waals surface area contributed by atoms with Gasteiger partial charge in [0.05, 0.1) is 5.52 Å². The van der Waals surface area contributed by atoms with E-state index in [0.717, 1.165) is 61.7 Å². The molecule has 0 unspecified atom stereocenters. The maximum Gasteiger partial charge on any atom is 0.137 e. The molecule has 1 saturated heterocycles. The second-order valence-electron chi connectivity index (χ2n) is 6.83. The van der Waals surface area contributed by atoms with Crippen LogP contribution in [0.3, 0.4) is 0 Å². The third kappa shape index (κ3) is 4.45. The van der Waals surface area contributed by atoms with Crippen LogP contribution in [0.4, 0.5) is 5.82 Å². The molecule has 1 fully saturated rings. The fraction of sp³-hybridized carbons (Fsp3) is 0.579. The van der Waals surface area contributed by atoms with Crippen molar-refractivity contribution in [3.63, 3.8) is 0 Å². The zero-order chi connectivity index (χ0) is 17.6. The van der Waals surface area contributed by atoms with Crippen molar-refractivity contribution in [3.8, 4) is 0 Å². The van der Waals surface area contributed by atoms with E-state index in [-0.39, 0.29) is 0 Å². The lowest BCUT2D eigenvalue weighted by Crippen LogP contribution is -2.50. The predicted molar refractivity (Wildman–Crippen MR) is 104 cm³/mol. The Labute approximate surface area is 150 Å². The van der Waals surface area contributed by atoms with Crippen LogP contribution in [-0.4, -0.2) is 72.1 Å². The highest BCUT2D eigenvalue weighted by molar-refractivity contribution is 5.88. The van der Waals surface area contributed by atoms with E-state index < -0.39 is 0 Å². The first-order valence-corrected chi connectivity index (χ1v) is 9.33. The van der Waals surface area contributed by atoms with Crippen LogP contribution in [0.2, 0.25) is 0 Å². The number of fused-ring (bicyclic) bond motifs is 1. The lowest BCUT2D eigenvalue weighted by atomic mass is 10.1. The second-order valence-corrected chi connectivity index (χ2v) is 6.83. The number of piperazine rings is 1. The molecule has 6 heteroatoms. The molecular weight excluding hydrogens is 312 g/mol. The smallest absolute Gasteiger partial charge is 0.137 e. The van der Waals surface area contributed by atoms with Crippen LogP contribution in [0.5, 0.6) is 0 Å². The lowest BCUT2D eigenvalue weighted by molar-refractivity contribution is 0.114. The number of nitrogens with one attached hydrogen (secondary N) is 1. The van der Waals surface area contributed by atoms with Gasteiger partial charge in [-0.05, 0) is 32.1 Å². The van der Waals surface area contributed by atoms with Gasteiger partial charge < -0.3 is 16.0 Å². The number of aromatic nitrogens is 2. The summed E-state index contributed by atoms with van der Waals surface area (Å²) in [5.41, 5.74) is 6.68. The van der Waals surface area contributed by atoms with Gasteiger partial charge in [0.15, 0.2) is 0 Å². The maximum absolute atomic E-state index is 5.70. The van der Waals surface area contributed by atoms with Crippen molar-refractivity contribution >= 4 is 16.7 Å². The first-order valence-electron chi connectivity index (χ1n) is 9.33. The Morgan fingerprint density at radius 2 is 1.92 bits per heavy atom. The SMILES string of the molecule is CC[C@@H](CNc1nc(CCN)nc2ccccc12)N1CCN(C)CC1. The number of para-hydroxylation sites is 1. The van der Waals surface area contributed by atoms with Crippen molar-refractivity contribution in [2.75, 3.05) is 51.6 Å². The van der Waals surface area contributed by atoms with Crippen molar-refractivity contribution in [3.05, 3.63) is 30.1 Å². The molecule has 0 saturated carbocycles. The van der Waals surface area contributed by atoms with Gasteiger partial charge in [-0.2, -0.15) is 0 Å². The van der Waals surface area contributed by atoms with Gasteiger partial charge in [0.25, 0.3) is 0 Å². The number of nitrogens with zero attached hydrogens (tertiary/aromatic N) is 4. The molecule has 1 aromatic carbocycles. The molecule has 2 heterocycles. The summed E-state index contributed by atoms with van der Waals surface area (Å²) in [6.45, 7) is 8.31. The van der Waals surface area contributed by atoms with Gasteiger partial charge in [0.2, 0.25) is 0 Å². The fourth-order valence-corrected chi connectivity index (χ4v) is 3.43. The second kappa shape index (κ2) is 8.56. The minimum absolute atomic E-state index is 0.528. The van der Waals surface area contributed by atoms with Crippen molar-refractivity contribution in [1.29, 1.82) is 0 Å². The Balaban J connectivity index is 1.74. The van der Waals surface area contributed by atoms with Crippen molar-refractivity contribution in [1.82, 2.24) is 19.8 Å². The molecule has 1 aromatic heterocycles. The molecule has 0 bridgehead atoms. The number of nitrogens with two attached hydrogens (primary N) is 1. The summed E-state index contributed by atoms with van der Waals surface area (Å²) in [4.78, 5) is 14.3. The highest BCUT2D eigenvalue weighted by Crippen LogP contribution is 2.21. The standard InChI is InChI=1S/C19H30N6/c1-3-15(25-12-10-24(2)11-13-25)14-21-19-16-6-4-5-7-17(16)22-18(23-19)8-9-20/h4-7,15H,3,8-14,20H2,1-2H3,(H,21,22,23)/t15-/m0/s1. The van der Waals surface area contributed by atoms with Crippen LogP contribution in [0.25, 0.3) is 10.9 Å². The van der Waals surface area contributed by atoms with E-state index in [0.29, 0.717) is 19.0 Å². The van der Waals surface area contributed by atoms with Crippen LogP contribution < -0.4 is 11.1 Å². The molecule has 0 amide bonds. The van der Waals surface area contributed by atoms with E-state index in [1.54, 1.807) is 0 Å². The molecule has 0 radical (unpaired) electrons. The van der Waals surface area contributed by atoms with Crippen molar-refractivity contribution in [2.24, 2.45) is 5.73 Å². The van der Waals surface area contributed by atoms with Gasteiger partial charge in [-0.25, -0.2) is 9.97 Å². The molecule has 3 rings (SSSR count). The first-order chi connectivity index (χ1) is 12.2. The summed E-state index contributed by atoms with van der Waals surface area (Å²) in [5, 5.41) is 4.68. The van der Waals surface area contributed by atoms with Crippen molar-refractivity contribution < 1.29 is 0 Å². The highest BCUT2D eigenvalue weighted by atomic mass is 15.3. The number of likely N-dealkylation sites (N-methyl/N-ethyl adjacent to an activating group) is 1. The molecule has 0 aliphatic carbocycles. The maximum atomic E-state index is 5.70. The van der Waals surface area contributed by atoms with Gasteiger partial charge in [0, 0.05) is 50.6 Å². The molecule has 3 N–H and O–H groups in total. The first kappa shape index (κ1) is 18.0. The zero-order valence-corrected chi connectivity index (χ0v) is 15.4. The van der Waals surface area contributed by atoms with Crippen LogP contribution in [0, 0.1) is 0 Å². The number of anilines is 1. The lowest BCUT2D eigenvalue weighted by Gasteiger charge is -2.37. The Morgan fingerprint density at radius 3 is 2.64 bits per heavy atom. The number of rotatable bonds is 7. The van der Waals surface area contributed by atoms with E-state index in [2.05, 4.69) is 40.1 Å². The molecule has 1 atom stereocenters. The minimum Gasteiger partial charge on any atom is -0.368 e. The molecule has 6 nitrogen and oxygen atoms in total. The molecule has 1 aliphatic heterocycles. The predicted octanol–water partition coefficient (Wildman–Crippen LogP) is 1.57. The van der Waals surface area contributed by atoms with Gasteiger partial charge in [-0.3, -0.25) is 4.90 Å². The summed E-state index contributed by atoms with van der Waals surface area (Å²) >= 11 is 0. The third-order valence-electron chi connectivity index (χ3n) is 5.05. The van der Waals surface area contributed by atoms with E-state index in [4.69, 9.17) is 10.7 Å². The molecule has 1 aliphatic rings. The number of benzene rings is 1. The van der Waals surface area contributed by atoms with Crippen LogP contribution in [-0.2, 0) is 6.42 Å². The molecule has 2 aromatic rings. The van der Waals surface area contributed by atoms with Gasteiger partial charge in [0.1, 0.15) is 11.6 Å². The normalized spacial score (nSPS) is 17.7. The summed E-state index contributed by atoms with van der Waals surface area (Å²) in [7, 11) is 2.20. The largest absolute Gasteiger partial charge is 0.368 e. The van der Waals surface area contributed by atoms with E-state index in [1.165, 1.54) is 0 Å².